The third-order valence-corrected chi connectivity index (χ3v) is 6.63. The molecule has 0 aliphatic rings. The number of aromatic nitrogens is 1. The number of benzene rings is 1. The molecule has 1 atom stereocenters. The first-order chi connectivity index (χ1) is 12.5. The van der Waals surface area contributed by atoms with E-state index in [4.69, 9.17) is 5.21 Å². The normalized spacial score (nSPS) is 13.8. The van der Waals surface area contributed by atoms with Gasteiger partial charge in [0.15, 0.2) is 14.6 Å². The van der Waals surface area contributed by atoms with Crippen LogP contribution in [-0.4, -0.2) is 35.1 Å². The van der Waals surface area contributed by atoms with Crippen molar-refractivity contribution in [1.82, 2.24) is 10.0 Å². The lowest BCUT2D eigenvalue weighted by Gasteiger charge is -2.25. The second kappa shape index (κ2) is 7.61. The van der Waals surface area contributed by atoms with Crippen LogP contribution >= 0.6 is 0 Å². The van der Waals surface area contributed by atoms with E-state index in [0.717, 1.165) is 6.26 Å². The van der Waals surface area contributed by atoms with Crippen molar-refractivity contribution in [2.24, 2.45) is 0 Å². The minimum absolute atomic E-state index is 0.0573. The van der Waals surface area contributed by atoms with Crippen LogP contribution in [0.4, 0.5) is 4.39 Å². The second-order valence-electron chi connectivity index (χ2n) is 6.66. The van der Waals surface area contributed by atoms with Gasteiger partial charge in [0.25, 0.3) is 11.5 Å². The molecule has 27 heavy (non-hydrogen) atoms. The number of rotatable bonds is 6. The molecular weight excluding hydrogens is 375 g/mol. The van der Waals surface area contributed by atoms with Crippen LogP contribution in [-0.2, 0) is 21.2 Å². The topological polar surface area (TPSA) is 105 Å². The van der Waals surface area contributed by atoms with Crippen LogP contribution in [0.2, 0.25) is 0 Å². The zero-order chi connectivity index (χ0) is 20.4. The molecule has 1 heterocycles. The number of hydroxylamine groups is 1. The van der Waals surface area contributed by atoms with E-state index in [-0.39, 0.29) is 13.0 Å². The summed E-state index contributed by atoms with van der Waals surface area (Å²) in [7, 11) is -3.85. The number of carbonyl (C=O) groups is 1. The number of sulfone groups is 1. The summed E-state index contributed by atoms with van der Waals surface area (Å²) in [5, 5.41) is 8.83. The summed E-state index contributed by atoms with van der Waals surface area (Å²) in [6.07, 6.45) is 2.13. The minimum Gasteiger partial charge on any atom is -0.315 e. The highest BCUT2D eigenvalue weighted by Gasteiger charge is 2.43. The van der Waals surface area contributed by atoms with E-state index in [2.05, 4.69) is 0 Å². The molecule has 0 fully saturated rings. The average molecular weight is 396 g/mol. The van der Waals surface area contributed by atoms with Gasteiger partial charge >= 0.3 is 0 Å². The fourth-order valence-electron chi connectivity index (χ4n) is 2.69. The Bertz CT molecular complexity index is 1010. The largest absolute Gasteiger partial charge is 0.315 e. The molecule has 9 heteroatoms. The van der Waals surface area contributed by atoms with Gasteiger partial charge in [0.2, 0.25) is 0 Å². The van der Waals surface area contributed by atoms with E-state index >= 15 is 0 Å². The Balaban J connectivity index is 2.31. The molecule has 1 aromatic carbocycles. The standard InChI is InChI=1S/C18H21FN2O5S/c1-12-8-14(10-15(19)9-12)13-4-6-21(16(22)11-13)7-5-18(2,17(23)20-24)27(3,25)26/h4,6,8-11,24H,5,7H2,1-3H3,(H,20,23). The number of hydrogen-bond donors (Lipinski definition) is 2. The Morgan fingerprint density at radius 2 is 1.93 bits per heavy atom. The van der Waals surface area contributed by atoms with Crippen LogP contribution in [0.15, 0.2) is 41.3 Å². The number of nitrogens with one attached hydrogen (secondary N) is 1. The number of aryl methyl sites for hydroxylation is 2. The first-order valence-electron chi connectivity index (χ1n) is 8.10. The molecule has 0 bridgehead atoms. The van der Waals surface area contributed by atoms with Crippen molar-refractivity contribution < 1.29 is 22.8 Å². The molecule has 0 radical (unpaired) electrons. The van der Waals surface area contributed by atoms with Crippen LogP contribution in [0.3, 0.4) is 0 Å². The summed E-state index contributed by atoms with van der Waals surface area (Å²) in [4.78, 5) is 24.2. The molecule has 7 nitrogen and oxygen atoms in total. The third kappa shape index (κ3) is 4.42. The van der Waals surface area contributed by atoms with Gasteiger partial charge < -0.3 is 4.57 Å². The van der Waals surface area contributed by atoms with Crippen molar-refractivity contribution in [1.29, 1.82) is 0 Å². The lowest BCUT2D eigenvalue weighted by molar-refractivity contribution is -0.131. The lowest BCUT2D eigenvalue weighted by atomic mass is 10.0. The zero-order valence-electron chi connectivity index (χ0n) is 15.2. The van der Waals surface area contributed by atoms with Crippen LogP contribution in [0.1, 0.15) is 18.9 Å². The highest BCUT2D eigenvalue weighted by Crippen LogP contribution is 2.23. The molecule has 0 saturated carbocycles. The summed E-state index contributed by atoms with van der Waals surface area (Å²) in [5.74, 6) is -1.47. The molecule has 0 aliphatic carbocycles. The molecule has 2 aromatic rings. The van der Waals surface area contributed by atoms with Crippen LogP contribution in [0.5, 0.6) is 0 Å². The van der Waals surface area contributed by atoms with E-state index < -0.39 is 31.9 Å². The van der Waals surface area contributed by atoms with Crippen molar-refractivity contribution in [3.05, 3.63) is 58.3 Å². The molecule has 0 spiro atoms. The third-order valence-electron chi connectivity index (χ3n) is 4.60. The number of hydrogen-bond acceptors (Lipinski definition) is 5. The summed E-state index contributed by atoms with van der Waals surface area (Å²) in [6, 6.07) is 7.37. The Morgan fingerprint density at radius 1 is 1.26 bits per heavy atom. The van der Waals surface area contributed by atoms with Gasteiger partial charge in [-0.25, -0.2) is 18.3 Å². The van der Waals surface area contributed by atoms with Gasteiger partial charge in [-0.1, -0.05) is 6.07 Å². The fourth-order valence-corrected chi connectivity index (χ4v) is 3.54. The van der Waals surface area contributed by atoms with Gasteiger partial charge in [-0.2, -0.15) is 0 Å². The first kappa shape index (κ1) is 20.8. The first-order valence-corrected chi connectivity index (χ1v) is 9.99. The smallest absolute Gasteiger partial charge is 0.264 e. The van der Waals surface area contributed by atoms with Crippen LogP contribution in [0.25, 0.3) is 11.1 Å². The van der Waals surface area contributed by atoms with Crippen molar-refractivity contribution in [2.75, 3.05) is 6.26 Å². The quantitative estimate of drug-likeness (QED) is 0.571. The van der Waals surface area contributed by atoms with E-state index in [1.54, 1.807) is 19.1 Å². The highest BCUT2D eigenvalue weighted by atomic mass is 32.2. The predicted octanol–water partition coefficient (Wildman–Crippen LogP) is 1.66. The van der Waals surface area contributed by atoms with Gasteiger partial charge in [0.05, 0.1) is 0 Å². The van der Waals surface area contributed by atoms with Crippen LogP contribution in [0, 0.1) is 12.7 Å². The van der Waals surface area contributed by atoms with Gasteiger partial charge in [-0.05, 0) is 55.2 Å². The minimum atomic E-state index is -3.85. The molecular formula is C18H21FN2O5S. The van der Waals surface area contributed by atoms with E-state index in [1.807, 2.05) is 0 Å². The molecule has 2 rings (SSSR count). The van der Waals surface area contributed by atoms with E-state index in [9.17, 15) is 22.4 Å². The van der Waals surface area contributed by atoms with E-state index in [1.165, 1.54) is 41.4 Å². The fraction of sp³-hybridized carbons (Fsp3) is 0.333. The maximum atomic E-state index is 13.6. The number of amides is 1. The van der Waals surface area contributed by atoms with Crippen molar-refractivity contribution in [3.8, 4) is 11.1 Å². The van der Waals surface area contributed by atoms with Gasteiger partial charge in [-0.3, -0.25) is 14.8 Å². The molecule has 0 saturated heterocycles. The monoisotopic (exact) mass is 396 g/mol. The lowest BCUT2D eigenvalue weighted by Crippen LogP contribution is -2.49. The highest BCUT2D eigenvalue weighted by molar-refractivity contribution is 7.92. The maximum absolute atomic E-state index is 13.6. The van der Waals surface area contributed by atoms with Crippen molar-refractivity contribution in [2.45, 2.75) is 31.6 Å². The summed E-state index contributed by atoms with van der Waals surface area (Å²) < 4.78 is 36.9. The zero-order valence-corrected chi connectivity index (χ0v) is 16.0. The summed E-state index contributed by atoms with van der Waals surface area (Å²) in [6.45, 7) is 2.87. The molecule has 0 aliphatic heterocycles. The second-order valence-corrected chi connectivity index (χ2v) is 9.10. The maximum Gasteiger partial charge on any atom is 0.264 e. The van der Waals surface area contributed by atoms with Crippen LogP contribution < -0.4 is 11.0 Å². The number of carbonyl (C=O) groups excluding carboxylic acids is 1. The molecule has 146 valence electrons. The van der Waals surface area contributed by atoms with Gasteiger partial charge in [-0.15, -0.1) is 0 Å². The van der Waals surface area contributed by atoms with E-state index in [0.29, 0.717) is 16.7 Å². The summed E-state index contributed by atoms with van der Waals surface area (Å²) >= 11 is 0. The number of nitrogens with zero attached hydrogens (tertiary/aromatic N) is 1. The molecule has 2 N–H and O–H groups in total. The Labute approximate surface area is 156 Å². The molecule has 1 amide bonds. The Hall–Kier alpha value is -2.52. The SMILES string of the molecule is Cc1cc(F)cc(-c2ccn(CCC(C)(C(=O)NO)S(C)(=O)=O)c(=O)c2)c1. The van der Waals surface area contributed by atoms with Gasteiger partial charge in [0.1, 0.15) is 5.82 Å². The molecule has 1 unspecified atom stereocenters. The summed E-state index contributed by atoms with van der Waals surface area (Å²) in [5.41, 5.74) is 2.74. The Morgan fingerprint density at radius 3 is 2.44 bits per heavy atom. The Kier molecular flexibility index (Phi) is 5.86. The number of halogens is 1. The van der Waals surface area contributed by atoms with Crippen molar-refractivity contribution in [3.63, 3.8) is 0 Å². The predicted molar refractivity (Wildman–Crippen MR) is 98.6 cm³/mol. The average Bonchev–Trinajstić information content (AvgIpc) is 2.57. The van der Waals surface area contributed by atoms with Crippen molar-refractivity contribution >= 4 is 15.7 Å². The van der Waals surface area contributed by atoms with Gasteiger partial charge in [0, 0.05) is 25.1 Å². The number of pyridine rings is 1. The molecule has 1 aromatic heterocycles.